The highest BCUT2D eigenvalue weighted by molar-refractivity contribution is 5.31. The first-order valence-corrected chi connectivity index (χ1v) is 5.79. The van der Waals surface area contributed by atoms with Crippen molar-refractivity contribution in [2.45, 2.75) is 57.9 Å². The van der Waals surface area contributed by atoms with Crippen LogP contribution in [0, 0.1) is 0 Å². The number of rotatable bonds is 5. The van der Waals surface area contributed by atoms with Crippen LogP contribution in [0.3, 0.4) is 0 Å². The van der Waals surface area contributed by atoms with E-state index in [4.69, 9.17) is 0 Å². The summed E-state index contributed by atoms with van der Waals surface area (Å²) in [5, 5.41) is 3.56. The van der Waals surface area contributed by atoms with Crippen molar-refractivity contribution in [1.82, 2.24) is 5.32 Å². The monoisotopic (exact) mass is 193 g/mol. The van der Waals surface area contributed by atoms with E-state index in [1.54, 1.807) is 0 Å². The van der Waals surface area contributed by atoms with Gasteiger partial charge >= 0.3 is 0 Å². The van der Waals surface area contributed by atoms with Crippen LogP contribution in [-0.2, 0) is 0 Å². The Balaban J connectivity index is 2.70. The molecule has 1 nitrogen and oxygen atoms in total. The third-order valence-electron chi connectivity index (χ3n) is 3.15. The molecule has 1 rings (SSSR count). The molecule has 80 valence electrons. The van der Waals surface area contributed by atoms with Crippen molar-refractivity contribution in [2.24, 2.45) is 0 Å². The lowest BCUT2D eigenvalue weighted by Crippen LogP contribution is -2.39. The third-order valence-corrected chi connectivity index (χ3v) is 3.15. The van der Waals surface area contributed by atoms with Gasteiger partial charge in [0.25, 0.3) is 0 Å². The fourth-order valence-corrected chi connectivity index (χ4v) is 2.41. The molecule has 1 N–H and O–H groups in total. The number of unbranched alkanes of at least 4 members (excludes halogenated alkanes) is 1. The van der Waals surface area contributed by atoms with Crippen molar-refractivity contribution in [2.75, 3.05) is 0 Å². The SMILES string of the molecule is C=C1CC(=C)C(CCC)(CCCC)N1. The van der Waals surface area contributed by atoms with E-state index < -0.39 is 0 Å². The molecule has 0 spiro atoms. The van der Waals surface area contributed by atoms with Crippen LogP contribution in [0.5, 0.6) is 0 Å². The molecule has 1 fully saturated rings. The summed E-state index contributed by atoms with van der Waals surface area (Å²) in [5.74, 6) is 0. The summed E-state index contributed by atoms with van der Waals surface area (Å²) in [7, 11) is 0. The minimum absolute atomic E-state index is 0.182. The smallest absolute Gasteiger partial charge is 0.0583 e. The standard InChI is InChI=1S/C13H23N/c1-5-7-9-13(8-6-2)11(3)10-12(4)14-13/h14H,3-10H2,1-2H3. The van der Waals surface area contributed by atoms with Crippen LogP contribution in [0.25, 0.3) is 0 Å². The molecule has 0 saturated carbocycles. The molecule has 1 aliphatic heterocycles. The molecule has 1 atom stereocenters. The highest BCUT2D eigenvalue weighted by atomic mass is 15.0. The Morgan fingerprint density at radius 3 is 2.36 bits per heavy atom. The lowest BCUT2D eigenvalue weighted by molar-refractivity contribution is 0.374. The molecule has 1 saturated heterocycles. The van der Waals surface area contributed by atoms with E-state index in [0.717, 1.165) is 12.1 Å². The number of hydrogen-bond donors (Lipinski definition) is 1. The normalized spacial score (nSPS) is 26.7. The molecule has 1 heteroatoms. The minimum Gasteiger partial charge on any atom is -0.379 e. The molecular formula is C13H23N. The van der Waals surface area contributed by atoms with E-state index in [2.05, 4.69) is 32.3 Å². The van der Waals surface area contributed by atoms with Gasteiger partial charge in [-0.05, 0) is 18.4 Å². The van der Waals surface area contributed by atoms with Gasteiger partial charge in [-0.3, -0.25) is 0 Å². The molecule has 14 heavy (non-hydrogen) atoms. The number of allylic oxidation sites excluding steroid dienone is 1. The largest absolute Gasteiger partial charge is 0.379 e. The van der Waals surface area contributed by atoms with E-state index in [1.807, 2.05) is 0 Å². The molecule has 0 bridgehead atoms. The van der Waals surface area contributed by atoms with Gasteiger partial charge in [0.1, 0.15) is 0 Å². The molecule has 0 aliphatic carbocycles. The van der Waals surface area contributed by atoms with Crippen LogP contribution < -0.4 is 5.32 Å². The Hall–Kier alpha value is -0.720. The second-order valence-electron chi connectivity index (χ2n) is 4.44. The maximum absolute atomic E-state index is 4.21. The molecule has 0 amide bonds. The Morgan fingerprint density at radius 1 is 1.21 bits per heavy atom. The predicted molar refractivity (Wildman–Crippen MR) is 63.2 cm³/mol. The number of hydrogen-bond acceptors (Lipinski definition) is 1. The first-order valence-electron chi connectivity index (χ1n) is 5.79. The fraction of sp³-hybridized carbons (Fsp3) is 0.692. The summed E-state index contributed by atoms with van der Waals surface area (Å²) < 4.78 is 0. The van der Waals surface area contributed by atoms with E-state index >= 15 is 0 Å². The molecule has 1 unspecified atom stereocenters. The predicted octanol–water partition coefficient (Wildman–Crippen LogP) is 3.78. The molecule has 0 aromatic carbocycles. The van der Waals surface area contributed by atoms with Gasteiger partial charge < -0.3 is 5.32 Å². The van der Waals surface area contributed by atoms with Gasteiger partial charge in [-0.15, -0.1) is 0 Å². The van der Waals surface area contributed by atoms with E-state index in [-0.39, 0.29) is 5.54 Å². The summed E-state index contributed by atoms with van der Waals surface area (Å²) in [6.07, 6.45) is 7.14. The van der Waals surface area contributed by atoms with Gasteiger partial charge in [-0.2, -0.15) is 0 Å². The summed E-state index contributed by atoms with van der Waals surface area (Å²) in [6.45, 7) is 12.7. The van der Waals surface area contributed by atoms with Crippen LogP contribution in [0.2, 0.25) is 0 Å². The first kappa shape index (κ1) is 11.4. The second kappa shape index (κ2) is 4.68. The number of nitrogens with one attached hydrogen (secondary N) is 1. The third kappa shape index (κ3) is 2.20. The topological polar surface area (TPSA) is 12.0 Å². The second-order valence-corrected chi connectivity index (χ2v) is 4.44. The maximum atomic E-state index is 4.21. The molecule has 0 aromatic heterocycles. The lowest BCUT2D eigenvalue weighted by atomic mass is 9.83. The van der Waals surface area contributed by atoms with Gasteiger partial charge in [0.15, 0.2) is 0 Å². The van der Waals surface area contributed by atoms with E-state index in [0.29, 0.717) is 0 Å². The highest BCUT2D eigenvalue weighted by Gasteiger charge is 2.36. The molecule has 0 radical (unpaired) electrons. The van der Waals surface area contributed by atoms with Crippen LogP contribution in [0.1, 0.15) is 52.4 Å². The van der Waals surface area contributed by atoms with Crippen LogP contribution >= 0.6 is 0 Å². The first-order chi connectivity index (χ1) is 6.64. The Labute approximate surface area is 88.3 Å². The van der Waals surface area contributed by atoms with Gasteiger partial charge in [0.2, 0.25) is 0 Å². The van der Waals surface area contributed by atoms with Crippen molar-refractivity contribution in [3.8, 4) is 0 Å². The summed E-state index contributed by atoms with van der Waals surface area (Å²) in [5.41, 5.74) is 2.68. The van der Waals surface area contributed by atoms with Gasteiger partial charge in [-0.1, -0.05) is 46.3 Å². The average molecular weight is 193 g/mol. The average Bonchev–Trinajstić information content (AvgIpc) is 2.40. The zero-order valence-corrected chi connectivity index (χ0v) is 9.66. The zero-order valence-electron chi connectivity index (χ0n) is 9.66. The molecule has 1 aliphatic rings. The van der Waals surface area contributed by atoms with Crippen LogP contribution in [-0.4, -0.2) is 5.54 Å². The minimum atomic E-state index is 0.182. The highest BCUT2D eigenvalue weighted by Crippen LogP contribution is 2.37. The Kier molecular flexibility index (Phi) is 3.79. The quantitative estimate of drug-likeness (QED) is 0.655. The van der Waals surface area contributed by atoms with Gasteiger partial charge in [0.05, 0.1) is 5.54 Å². The van der Waals surface area contributed by atoms with Crippen LogP contribution in [0.15, 0.2) is 24.4 Å². The lowest BCUT2D eigenvalue weighted by Gasteiger charge is -2.31. The van der Waals surface area contributed by atoms with Crippen molar-refractivity contribution in [3.63, 3.8) is 0 Å². The van der Waals surface area contributed by atoms with E-state index in [9.17, 15) is 0 Å². The van der Waals surface area contributed by atoms with Gasteiger partial charge in [-0.25, -0.2) is 0 Å². The Bertz CT molecular complexity index is 229. The summed E-state index contributed by atoms with van der Waals surface area (Å²) in [4.78, 5) is 0. The van der Waals surface area contributed by atoms with Crippen molar-refractivity contribution in [3.05, 3.63) is 24.4 Å². The molecule has 0 aromatic rings. The van der Waals surface area contributed by atoms with Gasteiger partial charge in [0, 0.05) is 12.1 Å². The van der Waals surface area contributed by atoms with Crippen molar-refractivity contribution < 1.29 is 0 Å². The fourth-order valence-electron chi connectivity index (χ4n) is 2.41. The summed E-state index contributed by atoms with van der Waals surface area (Å²) >= 11 is 0. The molecular weight excluding hydrogens is 170 g/mol. The van der Waals surface area contributed by atoms with Crippen LogP contribution in [0.4, 0.5) is 0 Å². The Morgan fingerprint density at radius 2 is 1.93 bits per heavy atom. The maximum Gasteiger partial charge on any atom is 0.0583 e. The summed E-state index contributed by atoms with van der Waals surface area (Å²) in [6, 6.07) is 0. The van der Waals surface area contributed by atoms with Crippen molar-refractivity contribution >= 4 is 0 Å². The van der Waals surface area contributed by atoms with E-state index in [1.165, 1.54) is 37.7 Å². The van der Waals surface area contributed by atoms with Crippen molar-refractivity contribution in [1.29, 1.82) is 0 Å². The molecule has 1 heterocycles. The zero-order chi connectivity index (χ0) is 10.6.